The zero-order valence-electron chi connectivity index (χ0n) is 19.2. The number of ether oxygens (including phenoxy) is 1. The summed E-state index contributed by atoms with van der Waals surface area (Å²) in [6.07, 6.45) is -0.904. The first kappa shape index (κ1) is 21.4. The molecule has 35 heavy (non-hydrogen) atoms. The molecular weight excluding hydrogens is 440 g/mol. The van der Waals surface area contributed by atoms with E-state index in [1.807, 2.05) is 79.7 Å². The van der Waals surface area contributed by atoms with Gasteiger partial charge in [0.05, 0.1) is 24.0 Å². The highest BCUT2D eigenvalue weighted by Crippen LogP contribution is 2.48. The first-order chi connectivity index (χ1) is 17.2. The molecule has 0 spiro atoms. The molecule has 0 radical (unpaired) electrons. The fourth-order valence-electron chi connectivity index (χ4n) is 5.15. The van der Waals surface area contributed by atoms with Gasteiger partial charge in [0, 0.05) is 0 Å². The molecule has 2 aliphatic rings. The third kappa shape index (κ3) is 3.45. The summed E-state index contributed by atoms with van der Waals surface area (Å²) in [4.78, 5) is 35.0. The number of carbonyl (C=O) groups is 2. The summed E-state index contributed by atoms with van der Waals surface area (Å²) in [5, 5.41) is 3.84. The minimum absolute atomic E-state index is 0.263. The van der Waals surface area contributed by atoms with Crippen LogP contribution in [0.2, 0.25) is 0 Å². The van der Waals surface area contributed by atoms with Crippen molar-refractivity contribution in [1.29, 1.82) is 0 Å². The molecule has 0 saturated carbocycles. The molecular formula is C29H24N2O4. The normalized spacial score (nSPS) is 21.6. The van der Waals surface area contributed by atoms with Gasteiger partial charge in [0.15, 0.2) is 6.10 Å². The molecule has 6 rings (SSSR count). The highest BCUT2D eigenvalue weighted by atomic mass is 16.7. The van der Waals surface area contributed by atoms with E-state index in [2.05, 4.69) is 0 Å². The summed E-state index contributed by atoms with van der Waals surface area (Å²) in [5.74, 6) is -0.607. The molecule has 2 saturated heterocycles. The number of imide groups is 1. The van der Waals surface area contributed by atoms with E-state index in [4.69, 9.17) is 9.57 Å². The number of anilines is 2. The average Bonchev–Trinajstić information content (AvgIpc) is 3.41. The lowest BCUT2D eigenvalue weighted by Crippen LogP contribution is -2.37. The number of nitrogens with zero attached hydrogens (tertiary/aromatic N) is 2. The van der Waals surface area contributed by atoms with E-state index in [0.717, 1.165) is 22.0 Å². The molecule has 2 fully saturated rings. The standard InChI is InChI=1S/C29H24N2O4/c1-2-34-22-17-15-20(16-18-22)30-28(32)25-26(24-14-8-10-19-9-6-7-13-23(19)24)31(35-27(25)29(30)33)21-11-4-3-5-12-21/h3-18,25-27H,2H2,1H3/t25-,26+,27+/m0/s1. The van der Waals surface area contributed by atoms with Gasteiger partial charge in [-0.05, 0) is 59.7 Å². The number of amides is 2. The number of fused-ring (bicyclic) bond motifs is 2. The van der Waals surface area contributed by atoms with E-state index in [1.165, 1.54) is 4.90 Å². The van der Waals surface area contributed by atoms with Gasteiger partial charge in [-0.3, -0.25) is 14.4 Å². The third-order valence-corrected chi connectivity index (χ3v) is 6.67. The van der Waals surface area contributed by atoms with Crippen molar-refractivity contribution in [2.24, 2.45) is 5.92 Å². The molecule has 6 nitrogen and oxygen atoms in total. The van der Waals surface area contributed by atoms with E-state index in [-0.39, 0.29) is 11.8 Å². The van der Waals surface area contributed by atoms with E-state index in [1.54, 1.807) is 29.3 Å². The lowest BCUT2D eigenvalue weighted by atomic mass is 9.87. The van der Waals surface area contributed by atoms with Crippen LogP contribution in [0, 0.1) is 5.92 Å². The van der Waals surface area contributed by atoms with Gasteiger partial charge >= 0.3 is 0 Å². The molecule has 0 N–H and O–H groups in total. The number of carbonyl (C=O) groups excluding carboxylic acids is 2. The fourth-order valence-corrected chi connectivity index (χ4v) is 5.15. The van der Waals surface area contributed by atoms with Crippen molar-refractivity contribution in [3.8, 4) is 5.75 Å². The second-order valence-corrected chi connectivity index (χ2v) is 8.67. The van der Waals surface area contributed by atoms with Crippen molar-refractivity contribution in [2.75, 3.05) is 16.6 Å². The number of hydroxylamine groups is 1. The summed E-state index contributed by atoms with van der Waals surface area (Å²) in [6, 6.07) is 30.3. The molecule has 0 aliphatic carbocycles. The lowest BCUT2D eigenvalue weighted by molar-refractivity contribution is -0.126. The van der Waals surface area contributed by atoms with Crippen molar-refractivity contribution in [3.63, 3.8) is 0 Å². The van der Waals surface area contributed by atoms with E-state index in [9.17, 15) is 9.59 Å². The van der Waals surface area contributed by atoms with Crippen LogP contribution in [0.25, 0.3) is 10.8 Å². The summed E-state index contributed by atoms with van der Waals surface area (Å²) in [5.41, 5.74) is 2.27. The average molecular weight is 465 g/mol. The molecule has 2 amide bonds. The largest absolute Gasteiger partial charge is 0.494 e. The van der Waals surface area contributed by atoms with Gasteiger partial charge in [0.25, 0.3) is 5.91 Å². The number of hydrogen-bond donors (Lipinski definition) is 0. The smallest absolute Gasteiger partial charge is 0.266 e. The van der Waals surface area contributed by atoms with Gasteiger partial charge < -0.3 is 4.74 Å². The van der Waals surface area contributed by atoms with Crippen LogP contribution in [-0.2, 0) is 14.4 Å². The van der Waals surface area contributed by atoms with Gasteiger partial charge in [-0.2, -0.15) is 0 Å². The van der Waals surface area contributed by atoms with Crippen LogP contribution in [0.1, 0.15) is 18.5 Å². The van der Waals surface area contributed by atoms with Crippen molar-refractivity contribution < 1.29 is 19.2 Å². The molecule has 6 heteroatoms. The van der Waals surface area contributed by atoms with Crippen molar-refractivity contribution in [3.05, 3.63) is 103 Å². The van der Waals surface area contributed by atoms with Gasteiger partial charge in [-0.1, -0.05) is 60.7 Å². The van der Waals surface area contributed by atoms with Crippen molar-refractivity contribution in [2.45, 2.75) is 19.1 Å². The van der Waals surface area contributed by atoms with Crippen LogP contribution < -0.4 is 14.7 Å². The molecule has 4 aromatic rings. The van der Waals surface area contributed by atoms with Gasteiger partial charge in [0.2, 0.25) is 5.91 Å². The monoisotopic (exact) mass is 464 g/mol. The minimum atomic E-state index is -0.904. The third-order valence-electron chi connectivity index (χ3n) is 6.67. The Hall–Kier alpha value is -4.16. The number of para-hydroxylation sites is 1. The molecule has 174 valence electrons. The number of rotatable bonds is 5. The van der Waals surface area contributed by atoms with Crippen LogP contribution in [0.3, 0.4) is 0 Å². The summed E-state index contributed by atoms with van der Waals surface area (Å²) in [7, 11) is 0. The Bertz CT molecular complexity index is 1400. The predicted molar refractivity (Wildman–Crippen MR) is 134 cm³/mol. The van der Waals surface area contributed by atoms with Gasteiger partial charge in [0.1, 0.15) is 11.7 Å². The summed E-state index contributed by atoms with van der Waals surface area (Å²) < 4.78 is 5.51. The Morgan fingerprint density at radius 3 is 2.26 bits per heavy atom. The predicted octanol–water partition coefficient (Wildman–Crippen LogP) is 5.29. The van der Waals surface area contributed by atoms with Gasteiger partial charge in [-0.15, -0.1) is 0 Å². The van der Waals surface area contributed by atoms with Crippen LogP contribution >= 0.6 is 0 Å². The molecule has 2 heterocycles. The zero-order chi connectivity index (χ0) is 23.9. The zero-order valence-corrected chi connectivity index (χ0v) is 19.2. The van der Waals surface area contributed by atoms with Crippen LogP contribution in [0.5, 0.6) is 5.75 Å². The van der Waals surface area contributed by atoms with Gasteiger partial charge in [-0.25, -0.2) is 9.96 Å². The molecule has 3 atom stereocenters. The highest BCUT2D eigenvalue weighted by molar-refractivity contribution is 6.24. The van der Waals surface area contributed by atoms with Crippen molar-refractivity contribution in [1.82, 2.24) is 0 Å². The second kappa shape index (κ2) is 8.56. The van der Waals surface area contributed by atoms with E-state index >= 15 is 0 Å². The van der Waals surface area contributed by atoms with Crippen molar-refractivity contribution >= 4 is 34.0 Å². The Morgan fingerprint density at radius 2 is 1.49 bits per heavy atom. The topological polar surface area (TPSA) is 59.1 Å². The first-order valence-corrected chi connectivity index (χ1v) is 11.8. The first-order valence-electron chi connectivity index (χ1n) is 11.8. The minimum Gasteiger partial charge on any atom is -0.494 e. The maximum Gasteiger partial charge on any atom is 0.266 e. The molecule has 0 bridgehead atoms. The summed E-state index contributed by atoms with van der Waals surface area (Å²) >= 11 is 0. The number of hydrogen-bond acceptors (Lipinski definition) is 5. The van der Waals surface area contributed by atoms with E-state index in [0.29, 0.717) is 18.0 Å². The van der Waals surface area contributed by atoms with Crippen LogP contribution in [0.4, 0.5) is 11.4 Å². The summed E-state index contributed by atoms with van der Waals surface area (Å²) in [6.45, 7) is 2.45. The molecule has 0 unspecified atom stereocenters. The quantitative estimate of drug-likeness (QED) is 0.376. The fraction of sp³-hybridized carbons (Fsp3) is 0.172. The lowest BCUT2D eigenvalue weighted by Gasteiger charge is -2.29. The molecule has 2 aliphatic heterocycles. The Balaban J connectivity index is 1.45. The maximum absolute atomic E-state index is 13.9. The molecule has 4 aromatic carbocycles. The number of benzene rings is 4. The SMILES string of the molecule is CCOc1ccc(N2C(=O)[C@H]3[C@@H](c4cccc5ccccc45)N(c4ccccc4)O[C@H]3C2=O)cc1. The van der Waals surface area contributed by atoms with E-state index < -0.39 is 18.1 Å². The van der Waals surface area contributed by atoms with Crippen LogP contribution in [0.15, 0.2) is 97.1 Å². The molecule has 0 aromatic heterocycles. The second-order valence-electron chi connectivity index (χ2n) is 8.67. The Kier molecular flexibility index (Phi) is 5.23. The Morgan fingerprint density at radius 1 is 0.771 bits per heavy atom. The highest BCUT2D eigenvalue weighted by Gasteiger charge is 2.60. The maximum atomic E-state index is 13.9. The Labute approximate surface area is 203 Å². The van der Waals surface area contributed by atoms with Crippen LogP contribution in [-0.4, -0.2) is 24.5 Å².